The maximum atomic E-state index is 11.2. The summed E-state index contributed by atoms with van der Waals surface area (Å²) in [5.41, 5.74) is 1.66. The van der Waals surface area contributed by atoms with E-state index in [2.05, 4.69) is 4.98 Å². The van der Waals surface area contributed by atoms with Gasteiger partial charge in [-0.25, -0.2) is 9.78 Å². The molecule has 0 saturated carbocycles. The van der Waals surface area contributed by atoms with Crippen LogP contribution in [0.5, 0.6) is 0 Å². The highest BCUT2D eigenvalue weighted by molar-refractivity contribution is 6.01. The molecule has 0 aliphatic heterocycles. The van der Waals surface area contributed by atoms with Crippen LogP contribution in [0.15, 0.2) is 18.2 Å². The average Bonchev–Trinajstić information content (AvgIpc) is 2.65. The third kappa shape index (κ3) is 2.22. The molecule has 0 unspecified atom stereocenters. The van der Waals surface area contributed by atoms with Crippen LogP contribution in [0.25, 0.3) is 11.0 Å². The number of carbonyl (C=O) groups is 1. The van der Waals surface area contributed by atoms with Crippen molar-refractivity contribution in [3.05, 3.63) is 29.6 Å². The molecule has 2 aromatic rings. The Bertz CT molecular complexity index is 575. The summed E-state index contributed by atoms with van der Waals surface area (Å²) in [6.45, 7) is 5.62. The second kappa shape index (κ2) is 5.18. The van der Waals surface area contributed by atoms with Crippen molar-refractivity contribution in [2.75, 3.05) is 13.2 Å². The van der Waals surface area contributed by atoms with Gasteiger partial charge in [0.2, 0.25) is 0 Å². The average molecular weight is 248 g/mol. The standard InChI is InChI=1S/C13H16N2O3/c1-3-18-8-7-15-9(2)14-11-6-4-5-10(12(11)15)13(16)17/h4-6H,3,7-8H2,1-2H3,(H,16,17). The van der Waals surface area contributed by atoms with E-state index in [9.17, 15) is 9.90 Å². The maximum absolute atomic E-state index is 11.2. The molecule has 0 fully saturated rings. The molecular weight excluding hydrogens is 232 g/mol. The molecular formula is C13H16N2O3. The second-order valence-corrected chi connectivity index (χ2v) is 3.99. The minimum atomic E-state index is -0.932. The van der Waals surface area contributed by atoms with Gasteiger partial charge in [-0.1, -0.05) is 6.07 Å². The Balaban J connectivity index is 2.49. The van der Waals surface area contributed by atoms with Crippen molar-refractivity contribution in [3.8, 4) is 0 Å². The normalized spacial score (nSPS) is 11.0. The number of nitrogens with zero attached hydrogens (tertiary/aromatic N) is 2. The van der Waals surface area contributed by atoms with Gasteiger partial charge in [-0.3, -0.25) is 0 Å². The first kappa shape index (κ1) is 12.6. The number of benzene rings is 1. The number of carboxylic acids is 1. The van der Waals surface area contributed by atoms with E-state index in [0.717, 1.165) is 5.82 Å². The highest BCUT2D eigenvalue weighted by atomic mass is 16.5. The summed E-state index contributed by atoms with van der Waals surface area (Å²) in [5, 5.41) is 9.22. The van der Waals surface area contributed by atoms with E-state index in [-0.39, 0.29) is 5.56 Å². The predicted octanol–water partition coefficient (Wildman–Crippen LogP) is 2.08. The molecule has 1 N–H and O–H groups in total. The maximum Gasteiger partial charge on any atom is 0.337 e. The highest BCUT2D eigenvalue weighted by Crippen LogP contribution is 2.20. The van der Waals surface area contributed by atoms with Gasteiger partial charge in [-0.05, 0) is 26.0 Å². The fourth-order valence-corrected chi connectivity index (χ4v) is 2.05. The Morgan fingerprint density at radius 1 is 1.50 bits per heavy atom. The fraction of sp³-hybridized carbons (Fsp3) is 0.385. The number of para-hydroxylation sites is 1. The number of aromatic carboxylic acids is 1. The monoisotopic (exact) mass is 248 g/mol. The zero-order chi connectivity index (χ0) is 13.1. The van der Waals surface area contributed by atoms with E-state index >= 15 is 0 Å². The minimum absolute atomic E-state index is 0.282. The van der Waals surface area contributed by atoms with Gasteiger partial charge in [-0.15, -0.1) is 0 Å². The molecule has 1 aromatic heterocycles. The highest BCUT2D eigenvalue weighted by Gasteiger charge is 2.15. The van der Waals surface area contributed by atoms with Crippen molar-refractivity contribution in [1.82, 2.24) is 9.55 Å². The van der Waals surface area contributed by atoms with Gasteiger partial charge in [0.1, 0.15) is 5.82 Å². The molecule has 18 heavy (non-hydrogen) atoms. The SMILES string of the molecule is CCOCCn1c(C)nc2cccc(C(=O)O)c21. The summed E-state index contributed by atoms with van der Waals surface area (Å²) in [6.07, 6.45) is 0. The number of aryl methyl sites for hydroxylation is 1. The second-order valence-electron chi connectivity index (χ2n) is 3.99. The molecule has 5 heteroatoms. The minimum Gasteiger partial charge on any atom is -0.478 e. The zero-order valence-corrected chi connectivity index (χ0v) is 10.5. The molecule has 0 atom stereocenters. The van der Waals surface area contributed by atoms with Crippen LogP contribution in [-0.4, -0.2) is 33.8 Å². The third-order valence-corrected chi connectivity index (χ3v) is 2.85. The summed E-state index contributed by atoms with van der Waals surface area (Å²) >= 11 is 0. The number of aromatic nitrogens is 2. The van der Waals surface area contributed by atoms with Crippen molar-refractivity contribution in [1.29, 1.82) is 0 Å². The lowest BCUT2D eigenvalue weighted by Crippen LogP contribution is -2.09. The van der Waals surface area contributed by atoms with Gasteiger partial charge < -0.3 is 14.4 Å². The summed E-state index contributed by atoms with van der Waals surface area (Å²) in [4.78, 5) is 15.6. The van der Waals surface area contributed by atoms with Gasteiger partial charge in [0.05, 0.1) is 23.2 Å². The first-order valence-electron chi connectivity index (χ1n) is 5.92. The lowest BCUT2D eigenvalue weighted by molar-refractivity contribution is 0.0698. The molecule has 0 aliphatic carbocycles. The van der Waals surface area contributed by atoms with Gasteiger partial charge in [0.15, 0.2) is 0 Å². The number of imidazole rings is 1. The largest absolute Gasteiger partial charge is 0.478 e. The Morgan fingerprint density at radius 3 is 2.94 bits per heavy atom. The van der Waals surface area contributed by atoms with Crippen LogP contribution in [0.1, 0.15) is 23.1 Å². The molecule has 5 nitrogen and oxygen atoms in total. The van der Waals surface area contributed by atoms with Crippen LogP contribution in [-0.2, 0) is 11.3 Å². The molecule has 1 aromatic carbocycles. The summed E-state index contributed by atoms with van der Waals surface area (Å²) in [5.74, 6) is -0.128. The Kier molecular flexibility index (Phi) is 3.62. The fourth-order valence-electron chi connectivity index (χ4n) is 2.05. The summed E-state index contributed by atoms with van der Waals surface area (Å²) in [7, 11) is 0. The van der Waals surface area contributed by atoms with E-state index < -0.39 is 5.97 Å². The Hall–Kier alpha value is -1.88. The van der Waals surface area contributed by atoms with Crippen LogP contribution in [0.2, 0.25) is 0 Å². The van der Waals surface area contributed by atoms with Crippen LogP contribution < -0.4 is 0 Å². The zero-order valence-electron chi connectivity index (χ0n) is 10.5. The quantitative estimate of drug-likeness (QED) is 0.823. The van der Waals surface area contributed by atoms with E-state index in [4.69, 9.17) is 4.74 Å². The lowest BCUT2D eigenvalue weighted by atomic mass is 10.2. The predicted molar refractivity (Wildman–Crippen MR) is 67.9 cm³/mol. The number of carboxylic acid groups (broad SMARTS) is 1. The molecule has 1 heterocycles. The molecule has 0 saturated heterocycles. The van der Waals surface area contributed by atoms with Crippen molar-refractivity contribution in [3.63, 3.8) is 0 Å². The van der Waals surface area contributed by atoms with Gasteiger partial charge in [0.25, 0.3) is 0 Å². The molecule has 96 valence electrons. The van der Waals surface area contributed by atoms with Gasteiger partial charge in [0, 0.05) is 13.2 Å². The third-order valence-electron chi connectivity index (χ3n) is 2.85. The van der Waals surface area contributed by atoms with Crippen molar-refractivity contribution in [2.24, 2.45) is 0 Å². The number of hydrogen-bond acceptors (Lipinski definition) is 3. The number of rotatable bonds is 5. The van der Waals surface area contributed by atoms with Gasteiger partial charge in [-0.2, -0.15) is 0 Å². The topological polar surface area (TPSA) is 64.4 Å². The first-order valence-corrected chi connectivity index (χ1v) is 5.92. The van der Waals surface area contributed by atoms with E-state index in [0.29, 0.717) is 30.8 Å². The summed E-state index contributed by atoms with van der Waals surface area (Å²) in [6, 6.07) is 5.14. The lowest BCUT2D eigenvalue weighted by Gasteiger charge is -2.08. The van der Waals surface area contributed by atoms with Crippen LogP contribution in [0, 0.1) is 6.92 Å². The van der Waals surface area contributed by atoms with Crippen molar-refractivity contribution in [2.45, 2.75) is 20.4 Å². The summed E-state index contributed by atoms with van der Waals surface area (Å²) < 4.78 is 7.21. The molecule has 0 bridgehead atoms. The van der Waals surface area contributed by atoms with Crippen molar-refractivity contribution < 1.29 is 14.6 Å². The van der Waals surface area contributed by atoms with E-state index in [1.165, 1.54) is 0 Å². The molecule has 2 rings (SSSR count). The number of ether oxygens (including phenoxy) is 1. The molecule has 0 spiro atoms. The van der Waals surface area contributed by atoms with Crippen LogP contribution in [0.4, 0.5) is 0 Å². The molecule has 0 radical (unpaired) electrons. The number of hydrogen-bond donors (Lipinski definition) is 1. The van der Waals surface area contributed by atoms with Crippen molar-refractivity contribution >= 4 is 17.0 Å². The van der Waals surface area contributed by atoms with Crippen LogP contribution in [0.3, 0.4) is 0 Å². The van der Waals surface area contributed by atoms with Crippen LogP contribution >= 0.6 is 0 Å². The van der Waals surface area contributed by atoms with Gasteiger partial charge >= 0.3 is 5.97 Å². The first-order chi connectivity index (χ1) is 8.65. The number of fused-ring (bicyclic) bond motifs is 1. The van der Waals surface area contributed by atoms with E-state index in [1.54, 1.807) is 12.1 Å². The smallest absolute Gasteiger partial charge is 0.337 e. The van der Waals surface area contributed by atoms with E-state index in [1.807, 2.05) is 24.5 Å². The molecule has 0 aliphatic rings. The Morgan fingerprint density at radius 2 is 2.28 bits per heavy atom. The molecule has 0 amide bonds. The Labute approximate surface area is 105 Å².